The van der Waals surface area contributed by atoms with Gasteiger partial charge in [0, 0.05) is 43.9 Å². The van der Waals surface area contributed by atoms with E-state index in [1.54, 1.807) is 0 Å². The van der Waals surface area contributed by atoms with Crippen LogP contribution in [0.25, 0.3) is 0 Å². The first-order valence-electron chi connectivity index (χ1n) is 9.47. The van der Waals surface area contributed by atoms with Gasteiger partial charge in [-0.2, -0.15) is 5.10 Å². The third-order valence-electron chi connectivity index (χ3n) is 5.54. The summed E-state index contributed by atoms with van der Waals surface area (Å²) in [7, 11) is 0. The highest BCUT2D eigenvalue weighted by Crippen LogP contribution is 2.38. The van der Waals surface area contributed by atoms with Gasteiger partial charge >= 0.3 is 0 Å². The van der Waals surface area contributed by atoms with Crippen molar-refractivity contribution >= 4 is 11.6 Å². The Hall–Kier alpha value is -2.24. The van der Waals surface area contributed by atoms with Gasteiger partial charge < -0.3 is 9.80 Å². The highest BCUT2D eigenvalue weighted by Gasteiger charge is 2.28. The summed E-state index contributed by atoms with van der Waals surface area (Å²) in [5, 5.41) is 8.90. The van der Waals surface area contributed by atoms with Gasteiger partial charge in [0.1, 0.15) is 11.6 Å². The molecular weight excluding hydrogens is 312 g/mol. The fraction of sp³-hybridized carbons (Fsp3) is 0.579. The van der Waals surface area contributed by atoms with Crippen molar-refractivity contribution in [3.05, 3.63) is 34.9 Å². The second kappa shape index (κ2) is 5.93. The van der Waals surface area contributed by atoms with Crippen molar-refractivity contribution in [2.45, 2.75) is 44.9 Å². The van der Waals surface area contributed by atoms with Crippen LogP contribution in [0.4, 0.5) is 11.6 Å². The van der Waals surface area contributed by atoms with Crippen LogP contribution in [0, 0.1) is 6.92 Å². The highest BCUT2D eigenvalue weighted by atomic mass is 15.3. The Morgan fingerprint density at radius 1 is 0.880 bits per heavy atom. The Morgan fingerprint density at radius 3 is 2.40 bits per heavy atom. The minimum absolute atomic E-state index is 0.599. The first-order chi connectivity index (χ1) is 12.3. The number of anilines is 2. The van der Waals surface area contributed by atoms with Gasteiger partial charge in [-0.05, 0) is 50.7 Å². The van der Waals surface area contributed by atoms with Gasteiger partial charge in [0.2, 0.25) is 0 Å². The molecule has 25 heavy (non-hydrogen) atoms. The Kier molecular flexibility index (Phi) is 3.57. The minimum Gasteiger partial charge on any atom is -0.353 e. The molecule has 2 aromatic rings. The fourth-order valence-electron chi connectivity index (χ4n) is 3.90. The number of piperazine rings is 1. The Bertz CT molecular complexity index is 792. The SMILES string of the molecule is Cc1cc(N2CCN(c3cc4c(nn3)CCC4)CC2)nc(C2CC2)n1. The number of rotatable bonds is 3. The zero-order chi connectivity index (χ0) is 16.8. The monoisotopic (exact) mass is 336 g/mol. The maximum absolute atomic E-state index is 4.83. The molecule has 0 N–H and O–H groups in total. The van der Waals surface area contributed by atoms with Gasteiger partial charge in [0.15, 0.2) is 5.82 Å². The van der Waals surface area contributed by atoms with Gasteiger partial charge in [-0.1, -0.05) is 0 Å². The lowest BCUT2D eigenvalue weighted by Gasteiger charge is -2.36. The zero-order valence-electron chi connectivity index (χ0n) is 14.8. The maximum atomic E-state index is 4.83. The first-order valence-corrected chi connectivity index (χ1v) is 9.47. The van der Waals surface area contributed by atoms with Crippen LogP contribution in [0.5, 0.6) is 0 Å². The van der Waals surface area contributed by atoms with Crippen LogP contribution in [0.15, 0.2) is 12.1 Å². The number of nitrogens with zero attached hydrogens (tertiary/aromatic N) is 6. The van der Waals surface area contributed by atoms with Crippen LogP contribution in [-0.2, 0) is 12.8 Å². The molecule has 6 nitrogen and oxygen atoms in total. The Balaban J connectivity index is 1.30. The van der Waals surface area contributed by atoms with Gasteiger partial charge in [0.25, 0.3) is 0 Å². The molecule has 130 valence electrons. The molecule has 3 heterocycles. The molecule has 1 saturated carbocycles. The summed E-state index contributed by atoms with van der Waals surface area (Å²) in [6, 6.07) is 4.38. The molecule has 0 spiro atoms. The molecule has 0 amide bonds. The van der Waals surface area contributed by atoms with E-state index < -0.39 is 0 Å². The molecule has 1 saturated heterocycles. The minimum atomic E-state index is 0.599. The lowest BCUT2D eigenvalue weighted by atomic mass is 10.2. The van der Waals surface area contributed by atoms with Crippen molar-refractivity contribution in [3.8, 4) is 0 Å². The quantitative estimate of drug-likeness (QED) is 0.857. The molecule has 6 heteroatoms. The number of aryl methyl sites for hydroxylation is 3. The molecule has 2 aromatic heterocycles. The van der Waals surface area contributed by atoms with Crippen molar-refractivity contribution in [2.75, 3.05) is 36.0 Å². The second-order valence-corrected chi connectivity index (χ2v) is 7.50. The topological polar surface area (TPSA) is 58.0 Å². The summed E-state index contributed by atoms with van der Waals surface area (Å²) in [5.74, 6) is 3.77. The van der Waals surface area contributed by atoms with Crippen LogP contribution >= 0.6 is 0 Å². The molecule has 0 unspecified atom stereocenters. The average molecular weight is 336 g/mol. The molecule has 0 aromatic carbocycles. The molecule has 0 radical (unpaired) electrons. The number of hydrogen-bond donors (Lipinski definition) is 0. The van der Waals surface area contributed by atoms with E-state index in [1.807, 2.05) is 0 Å². The molecule has 5 rings (SSSR count). The Labute approximate surface area is 148 Å². The van der Waals surface area contributed by atoms with E-state index in [9.17, 15) is 0 Å². The predicted octanol–water partition coefficient (Wildman–Crippen LogP) is 2.27. The van der Waals surface area contributed by atoms with Crippen LogP contribution in [0.1, 0.15) is 48.0 Å². The summed E-state index contributed by atoms with van der Waals surface area (Å²) in [6.45, 7) is 5.96. The van der Waals surface area contributed by atoms with E-state index in [-0.39, 0.29) is 0 Å². The maximum Gasteiger partial charge on any atom is 0.151 e. The Morgan fingerprint density at radius 2 is 1.64 bits per heavy atom. The molecule has 0 bridgehead atoms. The molecule has 0 atom stereocenters. The van der Waals surface area contributed by atoms with Crippen molar-refractivity contribution in [2.24, 2.45) is 0 Å². The van der Waals surface area contributed by atoms with Crippen LogP contribution < -0.4 is 9.80 Å². The van der Waals surface area contributed by atoms with Gasteiger partial charge in [-0.3, -0.25) is 0 Å². The molecular formula is C19H24N6. The summed E-state index contributed by atoms with van der Waals surface area (Å²) < 4.78 is 0. The average Bonchev–Trinajstić information content (AvgIpc) is 3.39. The van der Waals surface area contributed by atoms with E-state index >= 15 is 0 Å². The summed E-state index contributed by atoms with van der Waals surface area (Å²) in [5.41, 5.74) is 3.68. The van der Waals surface area contributed by atoms with E-state index in [0.29, 0.717) is 5.92 Å². The summed E-state index contributed by atoms with van der Waals surface area (Å²) >= 11 is 0. The lowest BCUT2D eigenvalue weighted by Crippen LogP contribution is -2.47. The van der Waals surface area contributed by atoms with Gasteiger partial charge in [-0.15, -0.1) is 5.10 Å². The first kappa shape index (κ1) is 15.0. The normalized spacial score (nSPS) is 20.0. The van der Waals surface area contributed by atoms with Gasteiger partial charge in [0.05, 0.1) is 5.69 Å². The standard InChI is InChI=1S/C19H24N6/c1-13-11-17(21-19(20-13)14-5-6-14)24-7-9-25(10-8-24)18-12-15-3-2-4-16(15)22-23-18/h11-12,14H,2-10H2,1H3. The summed E-state index contributed by atoms with van der Waals surface area (Å²) in [6.07, 6.45) is 5.95. The fourth-order valence-corrected chi connectivity index (χ4v) is 3.90. The highest BCUT2D eigenvalue weighted by molar-refractivity contribution is 5.47. The van der Waals surface area contributed by atoms with Crippen molar-refractivity contribution in [1.29, 1.82) is 0 Å². The zero-order valence-corrected chi connectivity index (χ0v) is 14.8. The number of hydrogen-bond acceptors (Lipinski definition) is 6. The summed E-state index contributed by atoms with van der Waals surface area (Å²) in [4.78, 5) is 14.2. The largest absolute Gasteiger partial charge is 0.353 e. The van der Waals surface area contributed by atoms with Crippen LogP contribution in [-0.4, -0.2) is 46.3 Å². The van der Waals surface area contributed by atoms with Gasteiger partial charge in [-0.25, -0.2) is 9.97 Å². The van der Waals surface area contributed by atoms with Crippen LogP contribution in [0.3, 0.4) is 0 Å². The van der Waals surface area contributed by atoms with Crippen molar-refractivity contribution in [3.63, 3.8) is 0 Å². The third kappa shape index (κ3) is 2.94. The van der Waals surface area contributed by atoms with Crippen molar-refractivity contribution in [1.82, 2.24) is 20.2 Å². The smallest absolute Gasteiger partial charge is 0.151 e. The van der Waals surface area contributed by atoms with E-state index in [4.69, 9.17) is 4.98 Å². The molecule has 2 fully saturated rings. The van der Waals surface area contributed by atoms with E-state index in [2.05, 4.69) is 44.0 Å². The molecule has 3 aliphatic rings. The molecule has 2 aliphatic carbocycles. The number of aromatic nitrogens is 4. The van der Waals surface area contributed by atoms with Crippen molar-refractivity contribution < 1.29 is 0 Å². The van der Waals surface area contributed by atoms with E-state index in [1.165, 1.54) is 30.5 Å². The molecule has 1 aliphatic heterocycles. The lowest BCUT2D eigenvalue weighted by molar-refractivity contribution is 0.634. The second-order valence-electron chi connectivity index (χ2n) is 7.50. The van der Waals surface area contributed by atoms with Crippen LogP contribution in [0.2, 0.25) is 0 Å². The third-order valence-corrected chi connectivity index (χ3v) is 5.54. The number of fused-ring (bicyclic) bond motifs is 1. The van der Waals surface area contributed by atoms with E-state index in [0.717, 1.165) is 62.2 Å². The predicted molar refractivity (Wildman–Crippen MR) is 97.2 cm³/mol.